The van der Waals surface area contributed by atoms with Crippen LogP contribution in [0.15, 0.2) is 12.2 Å². The minimum atomic E-state index is 1.04. The van der Waals surface area contributed by atoms with Crippen molar-refractivity contribution < 1.29 is 0 Å². The molecular formula is C16H20. The summed E-state index contributed by atoms with van der Waals surface area (Å²) in [5, 5.41) is 0. The molecule has 0 spiro atoms. The van der Waals surface area contributed by atoms with Gasteiger partial charge in [0.15, 0.2) is 0 Å². The molecule has 6 aliphatic carbocycles. The molecule has 0 aromatic carbocycles. The van der Waals surface area contributed by atoms with Crippen molar-refractivity contribution in [3.8, 4) is 0 Å². The van der Waals surface area contributed by atoms with E-state index in [0.717, 1.165) is 11.8 Å². The predicted molar refractivity (Wildman–Crippen MR) is 62.5 cm³/mol. The lowest BCUT2D eigenvalue weighted by atomic mass is 9.34. The molecule has 0 heterocycles. The van der Waals surface area contributed by atoms with Gasteiger partial charge < -0.3 is 0 Å². The van der Waals surface area contributed by atoms with E-state index < -0.39 is 0 Å². The third-order valence-electron chi connectivity index (χ3n) is 7.85. The third-order valence-corrected chi connectivity index (χ3v) is 7.85. The van der Waals surface area contributed by atoms with Gasteiger partial charge >= 0.3 is 0 Å². The van der Waals surface area contributed by atoms with Crippen molar-refractivity contribution in [2.45, 2.75) is 25.7 Å². The lowest BCUT2D eigenvalue weighted by Crippen LogP contribution is -2.66. The molecule has 6 unspecified atom stereocenters. The minimum Gasteiger partial charge on any atom is -0.0848 e. The predicted octanol–water partition coefficient (Wildman–Crippen LogP) is 3.35. The van der Waals surface area contributed by atoms with Gasteiger partial charge in [0, 0.05) is 0 Å². The Morgan fingerprint density at radius 3 is 1.69 bits per heavy atom. The molecule has 5 saturated carbocycles. The van der Waals surface area contributed by atoms with Gasteiger partial charge in [-0.05, 0) is 84.9 Å². The zero-order chi connectivity index (χ0) is 10.0. The molecule has 5 fully saturated rings. The molecule has 0 aliphatic heterocycles. The van der Waals surface area contributed by atoms with E-state index in [4.69, 9.17) is 0 Å². The summed E-state index contributed by atoms with van der Waals surface area (Å²) in [4.78, 5) is 0. The molecule has 0 heteroatoms. The van der Waals surface area contributed by atoms with E-state index in [1.165, 1.54) is 47.3 Å². The summed E-state index contributed by atoms with van der Waals surface area (Å²) in [6.07, 6.45) is 11.6. The molecule has 6 aliphatic rings. The van der Waals surface area contributed by atoms with Crippen LogP contribution in [0.2, 0.25) is 0 Å². The molecule has 0 nitrogen and oxygen atoms in total. The van der Waals surface area contributed by atoms with Crippen LogP contribution in [0.25, 0.3) is 0 Å². The van der Waals surface area contributed by atoms with Crippen LogP contribution in [0, 0.1) is 59.2 Å². The molecular weight excluding hydrogens is 192 g/mol. The van der Waals surface area contributed by atoms with Crippen molar-refractivity contribution in [2.75, 3.05) is 0 Å². The van der Waals surface area contributed by atoms with E-state index in [9.17, 15) is 0 Å². The molecule has 6 rings (SSSR count). The van der Waals surface area contributed by atoms with Gasteiger partial charge in [0.25, 0.3) is 0 Å². The zero-order valence-corrected chi connectivity index (χ0v) is 9.76. The number of hydrogen-bond donors (Lipinski definition) is 0. The largest absolute Gasteiger partial charge is 0.0848 e. The first-order valence-corrected chi connectivity index (χ1v) is 7.62. The van der Waals surface area contributed by atoms with E-state index in [1.807, 2.05) is 0 Å². The maximum atomic E-state index is 2.59. The smallest absolute Gasteiger partial charge is 0.0194 e. The van der Waals surface area contributed by atoms with Gasteiger partial charge in [-0.2, -0.15) is 0 Å². The highest BCUT2D eigenvalue weighted by atomic mass is 14.8. The van der Waals surface area contributed by atoms with Crippen LogP contribution >= 0.6 is 0 Å². The van der Waals surface area contributed by atoms with E-state index in [0.29, 0.717) is 0 Å². The topological polar surface area (TPSA) is 0 Å². The van der Waals surface area contributed by atoms with E-state index in [-0.39, 0.29) is 0 Å². The summed E-state index contributed by atoms with van der Waals surface area (Å²) in [6.45, 7) is 0. The minimum absolute atomic E-state index is 1.04. The summed E-state index contributed by atoms with van der Waals surface area (Å²) in [7, 11) is 0. The Labute approximate surface area is 97.5 Å². The summed E-state index contributed by atoms with van der Waals surface area (Å²) < 4.78 is 0. The Morgan fingerprint density at radius 2 is 1.12 bits per heavy atom. The molecule has 10 atom stereocenters. The fourth-order valence-corrected chi connectivity index (χ4v) is 7.75. The first-order valence-electron chi connectivity index (χ1n) is 7.62. The Bertz CT molecular complexity index is 372. The van der Waals surface area contributed by atoms with Crippen LogP contribution in [0.4, 0.5) is 0 Å². The molecule has 0 saturated heterocycles. The average molecular weight is 212 g/mol. The van der Waals surface area contributed by atoms with Crippen molar-refractivity contribution in [1.29, 1.82) is 0 Å². The van der Waals surface area contributed by atoms with Crippen LogP contribution in [0.3, 0.4) is 0 Å². The maximum Gasteiger partial charge on any atom is -0.0194 e. The number of fused-ring (bicyclic) bond motifs is 15. The van der Waals surface area contributed by atoms with E-state index in [1.54, 1.807) is 25.7 Å². The van der Waals surface area contributed by atoms with Gasteiger partial charge in [-0.3, -0.25) is 0 Å². The van der Waals surface area contributed by atoms with Gasteiger partial charge in [0.05, 0.1) is 0 Å². The molecule has 0 amide bonds. The van der Waals surface area contributed by atoms with Gasteiger partial charge in [-0.15, -0.1) is 0 Å². The molecule has 0 aromatic heterocycles. The van der Waals surface area contributed by atoms with Crippen molar-refractivity contribution in [2.24, 2.45) is 59.2 Å². The molecule has 0 aromatic rings. The Morgan fingerprint density at radius 1 is 0.562 bits per heavy atom. The quantitative estimate of drug-likeness (QED) is 0.540. The molecule has 0 radical (unpaired) electrons. The van der Waals surface area contributed by atoms with Crippen molar-refractivity contribution >= 4 is 0 Å². The van der Waals surface area contributed by atoms with Gasteiger partial charge in [0.1, 0.15) is 0 Å². The summed E-state index contributed by atoms with van der Waals surface area (Å²) in [5.41, 5.74) is 0. The van der Waals surface area contributed by atoms with Crippen LogP contribution in [0.1, 0.15) is 25.7 Å². The second-order valence-electron chi connectivity index (χ2n) is 7.75. The average Bonchev–Trinajstić information content (AvgIpc) is 2.93. The number of hydrogen-bond acceptors (Lipinski definition) is 0. The van der Waals surface area contributed by atoms with Gasteiger partial charge in [0.2, 0.25) is 0 Å². The maximum absolute atomic E-state index is 2.59. The van der Waals surface area contributed by atoms with Crippen LogP contribution in [-0.2, 0) is 0 Å². The van der Waals surface area contributed by atoms with Crippen LogP contribution < -0.4 is 0 Å². The fraction of sp³-hybridized carbons (Fsp3) is 0.875. The van der Waals surface area contributed by atoms with Gasteiger partial charge in [-0.1, -0.05) is 12.2 Å². The van der Waals surface area contributed by atoms with Gasteiger partial charge in [-0.25, -0.2) is 0 Å². The van der Waals surface area contributed by atoms with Crippen molar-refractivity contribution in [1.82, 2.24) is 0 Å². The lowest BCUT2D eigenvalue weighted by molar-refractivity contribution is -0.225. The van der Waals surface area contributed by atoms with E-state index >= 15 is 0 Å². The molecule has 4 bridgehead atoms. The first kappa shape index (κ1) is 7.95. The Kier molecular flexibility index (Phi) is 1.08. The lowest BCUT2D eigenvalue weighted by Gasteiger charge is -2.70. The molecule has 0 N–H and O–H groups in total. The number of rotatable bonds is 0. The van der Waals surface area contributed by atoms with E-state index in [2.05, 4.69) is 12.2 Å². The standard InChI is InChI=1S/C16H20/c1-2-8-5-7(1)11-12(8)16-14-10-4-3-9(6-10)13(14)15(11)16/h1-2,7-16H,3-6H2/t7-,8+,9+,10-,11?,12?,13?,14?,15?,16?. The molecule has 84 valence electrons. The second kappa shape index (κ2) is 2.18. The summed E-state index contributed by atoms with van der Waals surface area (Å²) >= 11 is 0. The summed E-state index contributed by atoms with van der Waals surface area (Å²) in [6, 6.07) is 0. The van der Waals surface area contributed by atoms with Crippen LogP contribution in [0.5, 0.6) is 0 Å². The van der Waals surface area contributed by atoms with Crippen LogP contribution in [-0.4, -0.2) is 0 Å². The fourth-order valence-electron chi connectivity index (χ4n) is 7.75. The highest BCUT2D eigenvalue weighted by Gasteiger charge is 2.75. The highest BCUT2D eigenvalue weighted by molar-refractivity contribution is 5.29. The van der Waals surface area contributed by atoms with Crippen molar-refractivity contribution in [3.63, 3.8) is 0 Å². The summed E-state index contributed by atoms with van der Waals surface area (Å²) in [5.74, 6) is 11.8. The normalized spacial score (nSPS) is 75.5. The second-order valence-corrected chi connectivity index (χ2v) is 7.75. The highest BCUT2D eigenvalue weighted by Crippen LogP contribution is 2.80. The first-order chi connectivity index (χ1) is 7.93. The third kappa shape index (κ3) is 0.585. The molecule has 16 heavy (non-hydrogen) atoms. The Balaban J connectivity index is 1.44. The number of allylic oxidation sites excluding steroid dienone is 2. The Hall–Kier alpha value is -0.260. The SMILES string of the molecule is C1=C[C@H]2C[C@@H]1C1C3C(C4C3[C@H]3CC[C@@H]4C3)C12. The van der Waals surface area contributed by atoms with Crippen molar-refractivity contribution in [3.05, 3.63) is 12.2 Å². The zero-order valence-electron chi connectivity index (χ0n) is 9.76. The monoisotopic (exact) mass is 212 g/mol.